The lowest BCUT2D eigenvalue weighted by molar-refractivity contribution is -0.122. The molecule has 2 aromatic rings. The number of hydrogen-bond acceptors (Lipinski definition) is 6. The largest absolute Gasteiger partial charge is 0.341 e. The van der Waals surface area contributed by atoms with Crippen LogP contribution in [0, 0.1) is 11.3 Å². The molecular weight excluding hydrogens is 406 g/mol. The van der Waals surface area contributed by atoms with Crippen molar-refractivity contribution in [2.45, 2.75) is 18.7 Å². The lowest BCUT2D eigenvalue weighted by Gasteiger charge is -2.18. The Balaban J connectivity index is 2.21. The van der Waals surface area contributed by atoms with Crippen LogP contribution in [-0.4, -0.2) is 44.4 Å². The summed E-state index contributed by atoms with van der Waals surface area (Å²) in [6.07, 6.45) is 0. The number of carbonyl (C=O) groups is 3. The molecule has 0 saturated heterocycles. The number of Topliss-reactive ketones (excluding diaryl/α,β-unsaturated/α-hetero) is 1. The second kappa shape index (κ2) is 10.3. The molecular formula is C21H21N3O5S. The van der Waals surface area contributed by atoms with Gasteiger partial charge in [-0.1, -0.05) is 42.5 Å². The smallest absolute Gasteiger partial charge is 0.251 e. The van der Waals surface area contributed by atoms with E-state index >= 15 is 0 Å². The van der Waals surface area contributed by atoms with Crippen LogP contribution in [0.5, 0.6) is 0 Å². The standard InChI is InChI=1S/C21H21N3O5S/c1-15(25)17-8-5-9-18(12-17)20(26)24-19(21(27)23-11-10-22)14-30(28,29)13-16-6-3-2-4-7-16/h2-9,12,19H,11,13-14H2,1H3,(H,23,27)(H,24,26)/t19-/m0/s1. The van der Waals surface area contributed by atoms with Crippen LogP contribution in [-0.2, 0) is 20.4 Å². The summed E-state index contributed by atoms with van der Waals surface area (Å²) in [5, 5.41) is 13.3. The average molecular weight is 427 g/mol. The predicted molar refractivity (Wildman–Crippen MR) is 110 cm³/mol. The van der Waals surface area contributed by atoms with Crippen molar-refractivity contribution < 1.29 is 22.8 Å². The van der Waals surface area contributed by atoms with Crippen molar-refractivity contribution in [3.8, 4) is 6.07 Å². The molecule has 0 heterocycles. The molecule has 0 aliphatic carbocycles. The van der Waals surface area contributed by atoms with E-state index in [-0.39, 0.29) is 23.6 Å². The highest BCUT2D eigenvalue weighted by Gasteiger charge is 2.28. The fourth-order valence-corrected chi connectivity index (χ4v) is 4.26. The van der Waals surface area contributed by atoms with Crippen molar-refractivity contribution in [2.24, 2.45) is 0 Å². The number of hydrogen-bond donors (Lipinski definition) is 2. The lowest BCUT2D eigenvalue weighted by Crippen LogP contribution is -2.50. The third kappa shape index (κ3) is 6.83. The Morgan fingerprint density at radius 1 is 1.03 bits per heavy atom. The molecule has 2 rings (SSSR count). The Hall–Kier alpha value is -3.51. The monoisotopic (exact) mass is 427 g/mol. The topological polar surface area (TPSA) is 133 Å². The Labute approximate surface area is 174 Å². The molecule has 30 heavy (non-hydrogen) atoms. The van der Waals surface area contributed by atoms with Gasteiger partial charge in [-0.25, -0.2) is 8.42 Å². The highest BCUT2D eigenvalue weighted by atomic mass is 32.2. The Bertz CT molecular complexity index is 1080. The molecule has 8 nitrogen and oxygen atoms in total. The first-order valence-electron chi connectivity index (χ1n) is 9.02. The van der Waals surface area contributed by atoms with Crippen LogP contribution >= 0.6 is 0 Å². The maximum atomic E-state index is 12.6. The third-order valence-corrected chi connectivity index (χ3v) is 5.76. The molecule has 0 bridgehead atoms. The number of benzene rings is 2. The van der Waals surface area contributed by atoms with E-state index in [0.717, 1.165) is 0 Å². The van der Waals surface area contributed by atoms with Crippen LogP contribution in [0.15, 0.2) is 54.6 Å². The zero-order chi connectivity index (χ0) is 22.1. The number of amides is 2. The highest BCUT2D eigenvalue weighted by molar-refractivity contribution is 7.90. The van der Waals surface area contributed by atoms with Crippen molar-refractivity contribution in [1.29, 1.82) is 5.26 Å². The minimum absolute atomic E-state index is 0.112. The maximum absolute atomic E-state index is 12.6. The Morgan fingerprint density at radius 2 is 1.70 bits per heavy atom. The zero-order valence-corrected chi connectivity index (χ0v) is 17.1. The number of carbonyl (C=O) groups excluding carboxylic acids is 3. The summed E-state index contributed by atoms with van der Waals surface area (Å²) in [5.74, 6) is -2.67. The van der Waals surface area contributed by atoms with Gasteiger partial charge in [-0.3, -0.25) is 14.4 Å². The lowest BCUT2D eigenvalue weighted by atomic mass is 10.1. The molecule has 2 amide bonds. The quantitative estimate of drug-likeness (QED) is 0.457. The first kappa shape index (κ1) is 22.8. The van der Waals surface area contributed by atoms with Gasteiger partial charge < -0.3 is 10.6 Å². The van der Waals surface area contributed by atoms with E-state index in [1.807, 2.05) is 0 Å². The number of nitrogens with zero attached hydrogens (tertiary/aromatic N) is 1. The summed E-state index contributed by atoms with van der Waals surface area (Å²) < 4.78 is 25.2. The van der Waals surface area contributed by atoms with E-state index in [4.69, 9.17) is 5.26 Å². The average Bonchev–Trinajstić information content (AvgIpc) is 2.71. The third-order valence-electron chi connectivity index (χ3n) is 4.14. The van der Waals surface area contributed by atoms with Crippen LogP contribution in [0.2, 0.25) is 0 Å². The molecule has 0 aromatic heterocycles. The molecule has 0 radical (unpaired) electrons. The molecule has 156 valence electrons. The molecule has 0 spiro atoms. The number of sulfone groups is 1. The normalized spacial score (nSPS) is 11.7. The second-order valence-corrected chi connectivity index (χ2v) is 8.69. The van der Waals surface area contributed by atoms with Gasteiger partial charge in [0.25, 0.3) is 5.91 Å². The van der Waals surface area contributed by atoms with Gasteiger partial charge in [0.2, 0.25) is 5.91 Å². The van der Waals surface area contributed by atoms with Gasteiger partial charge in [0, 0.05) is 11.1 Å². The van der Waals surface area contributed by atoms with E-state index in [9.17, 15) is 22.8 Å². The number of nitriles is 1. The Kier molecular flexibility index (Phi) is 7.83. The van der Waals surface area contributed by atoms with E-state index in [1.165, 1.54) is 25.1 Å². The van der Waals surface area contributed by atoms with Gasteiger partial charge in [0.05, 0.1) is 17.6 Å². The Morgan fingerprint density at radius 3 is 2.33 bits per heavy atom. The van der Waals surface area contributed by atoms with Crippen molar-refractivity contribution in [1.82, 2.24) is 10.6 Å². The molecule has 0 aliphatic heterocycles. The van der Waals surface area contributed by atoms with Gasteiger partial charge in [0.1, 0.15) is 12.6 Å². The summed E-state index contributed by atoms with van der Waals surface area (Å²) in [4.78, 5) is 36.5. The van der Waals surface area contributed by atoms with Crippen LogP contribution < -0.4 is 10.6 Å². The highest BCUT2D eigenvalue weighted by Crippen LogP contribution is 2.10. The summed E-state index contributed by atoms with van der Waals surface area (Å²) in [5.41, 5.74) is 0.972. The number of ketones is 1. The van der Waals surface area contributed by atoms with Crippen molar-refractivity contribution in [2.75, 3.05) is 12.3 Å². The van der Waals surface area contributed by atoms with Crippen LogP contribution in [0.3, 0.4) is 0 Å². The molecule has 2 aromatic carbocycles. The van der Waals surface area contributed by atoms with Crippen LogP contribution in [0.4, 0.5) is 0 Å². The minimum Gasteiger partial charge on any atom is -0.341 e. The summed E-state index contributed by atoms with van der Waals surface area (Å²) >= 11 is 0. The van der Waals surface area contributed by atoms with Crippen LogP contribution in [0.25, 0.3) is 0 Å². The maximum Gasteiger partial charge on any atom is 0.251 e. The number of nitrogens with one attached hydrogen (secondary N) is 2. The first-order valence-corrected chi connectivity index (χ1v) is 10.8. The molecule has 1 atom stereocenters. The minimum atomic E-state index is -3.77. The zero-order valence-electron chi connectivity index (χ0n) is 16.3. The van der Waals surface area contributed by atoms with Gasteiger partial charge >= 0.3 is 0 Å². The van der Waals surface area contributed by atoms with Gasteiger partial charge in [-0.15, -0.1) is 0 Å². The SMILES string of the molecule is CC(=O)c1cccc(C(=O)N[C@@H](CS(=O)(=O)Cc2ccccc2)C(=O)NCC#N)c1. The van der Waals surface area contributed by atoms with E-state index in [0.29, 0.717) is 11.1 Å². The summed E-state index contributed by atoms with van der Waals surface area (Å²) in [6, 6.07) is 14.6. The summed E-state index contributed by atoms with van der Waals surface area (Å²) in [7, 11) is -3.77. The van der Waals surface area contributed by atoms with Gasteiger partial charge in [0.15, 0.2) is 15.6 Å². The van der Waals surface area contributed by atoms with E-state index in [1.54, 1.807) is 42.5 Å². The first-order chi connectivity index (χ1) is 14.2. The van der Waals surface area contributed by atoms with Gasteiger partial charge in [-0.05, 0) is 24.6 Å². The van der Waals surface area contributed by atoms with E-state index in [2.05, 4.69) is 10.6 Å². The molecule has 0 fully saturated rings. The molecule has 9 heteroatoms. The van der Waals surface area contributed by atoms with Crippen molar-refractivity contribution in [3.63, 3.8) is 0 Å². The molecule has 0 unspecified atom stereocenters. The fraction of sp³-hybridized carbons (Fsp3) is 0.238. The molecule has 0 aliphatic rings. The second-order valence-electron chi connectivity index (χ2n) is 6.58. The fourth-order valence-electron chi connectivity index (χ4n) is 2.69. The molecule has 0 saturated carbocycles. The number of rotatable bonds is 9. The predicted octanol–water partition coefficient (Wildman–Crippen LogP) is 1.24. The van der Waals surface area contributed by atoms with Crippen molar-refractivity contribution >= 4 is 27.4 Å². The molecule has 2 N–H and O–H groups in total. The van der Waals surface area contributed by atoms with Crippen LogP contribution in [0.1, 0.15) is 33.2 Å². The van der Waals surface area contributed by atoms with E-state index < -0.39 is 33.4 Å². The van der Waals surface area contributed by atoms with Crippen molar-refractivity contribution in [3.05, 3.63) is 71.3 Å². The van der Waals surface area contributed by atoms with Gasteiger partial charge in [-0.2, -0.15) is 5.26 Å². The summed E-state index contributed by atoms with van der Waals surface area (Å²) in [6.45, 7) is 1.02.